The summed E-state index contributed by atoms with van der Waals surface area (Å²) >= 11 is 0. The van der Waals surface area contributed by atoms with E-state index < -0.39 is 97.5 Å². The minimum absolute atomic E-state index is 0.105. The molecule has 0 saturated carbocycles. The van der Waals surface area contributed by atoms with E-state index in [2.05, 4.69) is 55.4 Å². The number of phosphoric acid groups is 2. The van der Waals surface area contributed by atoms with Crippen molar-refractivity contribution in [2.75, 3.05) is 39.6 Å². The number of hydrogen-bond acceptors (Lipinski definition) is 15. The zero-order valence-corrected chi connectivity index (χ0v) is 61.3. The van der Waals surface area contributed by atoms with Crippen LogP contribution in [0.5, 0.6) is 0 Å². The van der Waals surface area contributed by atoms with E-state index in [4.69, 9.17) is 37.0 Å². The van der Waals surface area contributed by atoms with Crippen LogP contribution >= 0.6 is 15.6 Å². The summed E-state index contributed by atoms with van der Waals surface area (Å²) in [6.45, 7) is 14.1. The number of esters is 4. The second kappa shape index (κ2) is 61.6. The van der Waals surface area contributed by atoms with Crippen LogP contribution in [0.2, 0.25) is 0 Å². The molecule has 0 aromatic rings. The highest BCUT2D eigenvalue weighted by atomic mass is 31.2. The van der Waals surface area contributed by atoms with Crippen molar-refractivity contribution in [1.29, 1.82) is 0 Å². The molecule has 0 radical (unpaired) electrons. The molecule has 0 aliphatic heterocycles. The molecule has 5 atom stereocenters. The molecule has 17 nitrogen and oxygen atoms in total. The highest BCUT2D eigenvalue weighted by Crippen LogP contribution is 2.45. The van der Waals surface area contributed by atoms with Gasteiger partial charge in [0.2, 0.25) is 0 Å². The Morgan fingerprint density at radius 1 is 0.275 bits per heavy atom. The van der Waals surface area contributed by atoms with Crippen molar-refractivity contribution < 1.29 is 80.2 Å². The van der Waals surface area contributed by atoms with Gasteiger partial charge in [-0.1, -0.05) is 306 Å². The second-order valence-corrected chi connectivity index (χ2v) is 30.8. The lowest BCUT2D eigenvalue weighted by Gasteiger charge is -2.21. The number of carbonyl (C=O) groups excluding carboxylic acids is 4. The Bertz CT molecular complexity index is 1800. The van der Waals surface area contributed by atoms with Gasteiger partial charge in [0.15, 0.2) is 12.2 Å². The predicted octanol–water partition coefficient (Wildman–Crippen LogP) is 20.5. The number of aliphatic hydroxyl groups excluding tert-OH is 1. The maximum Gasteiger partial charge on any atom is 0.472 e. The molecule has 0 aliphatic rings. The summed E-state index contributed by atoms with van der Waals surface area (Å²) in [5.41, 5.74) is 0. The normalized spacial score (nSPS) is 14.2. The molecular weight excluding hydrogens is 1200 g/mol. The number of ether oxygens (including phenoxy) is 4. The summed E-state index contributed by atoms with van der Waals surface area (Å²) < 4.78 is 68.3. The van der Waals surface area contributed by atoms with Crippen molar-refractivity contribution in [2.45, 2.75) is 375 Å². The number of rotatable bonds is 69. The first kappa shape index (κ1) is 89.1. The average molecular weight is 1340 g/mol. The number of aliphatic hydroxyl groups is 1. The first-order chi connectivity index (χ1) is 43.6. The van der Waals surface area contributed by atoms with E-state index in [1.807, 2.05) is 0 Å². The Morgan fingerprint density at radius 3 is 0.681 bits per heavy atom. The van der Waals surface area contributed by atoms with Crippen LogP contribution in [0, 0.1) is 23.7 Å². The third kappa shape index (κ3) is 66.5. The van der Waals surface area contributed by atoms with E-state index in [0.29, 0.717) is 31.6 Å². The molecular formula is C72H140O17P2. The molecule has 540 valence electrons. The average Bonchev–Trinajstić information content (AvgIpc) is 3.67. The summed E-state index contributed by atoms with van der Waals surface area (Å²) in [6.07, 6.45) is 44.5. The summed E-state index contributed by atoms with van der Waals surface area (Å²) in [4.78, 5) is 72.6. The maximum atomic E-state index is 13.0. The lowest BCUT2D eigenvalue weighted by atomic mass is 10.0. The Balaban J connectivity index is 5.24. The van der Waals surface area contributed by atoms with Crippen molar-refractivity contribution in [3.05, 3.63) is 0 Å². The van der Waals surface area contributed by atoms with E-state index in [1.165, 1.54) is 154 Å². The van der Waals surface area contributed by atoms with Crippen LogP contribution in [0.15, 0.2) is 0 Å². The molecule has 0 amide bonds. The predicted molar refractivity (Wildman–Crippen MR) is 367 cm³/mol. The largest absolute Gasteiger partial charge is 0.472 e. The van der Waals surface area contributed by atoms with E-state index in [-0.39, 0.29) is 25.7 Å². The van der Waals surface area contributed by atoms with Crippen molar-refractivity contribution in [3.8, 4) is 0 Å². The monoisotopic (exact) mass is 1340 g/mol. The highest BCUT2D eigenvalue weighted by molar-refractivity contribution is 7.47. The quantitative estimate of drug-likeness (QED) is 0.0222. The summed E-state index contributed by atoms with van der Waals surface area (Å²) in [6, 6.07) is 0. The van der Waals surface area contributed by atoms with Gasteiger partial charge < -0.3 is 33.8 Å². The van der Waals surface area contributed by atoms with Gasteiger partial charge >= 0.3 is 39.5 Å². The van der Waals surface area contributed by atoms with Gasteiger partial charge in [-0.15, -0.1) is 0 Å². The van der Waals surface area contributed by atoms with Crippen LogP contribution in [0.25, 0.3) is 0 Å². The minimum Gasteiger partial charge on any atom is -0.462 e. The zero-order valence-electron chi connectivity index (χ0n) is 59.5. The number of phosphoric ester groups is 2. The second-order valence-electron chi connectivity index (χ2n) is 27.9. The molecule has 0 saturated heterocycles. The Morgan fingerprint density at radius 2 is 0.462 bits per heavy atom. The van der Waals surface area contributed by atoms with Crippen LogP contribution in [-0.2, 0) is 65.4 Å². The third-order valence-electron chi connectivity index (χ3n) is 16.6. The molecule has 19 heteroatoms. The molecule has 0 fully saturated rings. The van der Waals surface area contributed by atoms with Crippen LogP contribution in [-0.4, -0.2) is 96.7 Å². The van der Waals surface area contributed by atoms with Gasteiger partial charge in [-0.05, 0) is 49.4 Å². The standard InChI is InChI=1S/C72H140O17P2/c1-62(2)48-40-32-24-18-12-9-10-14-22-28-38-46-54-71(76)89-68(59-83-70(75)53-45-37-31-30-35-43-51-65(7)8)61-87-91(80,81)85-57-66(73)56-84-90(78,79)86-60-67(88-72(77)55-47-39-29-23-17-16-20-26-34-42-50-64(5)6)58-82-69(74)52-44-36-27-21-15-11-13-19-25-33-41-49-63(3)4/h62-68,73H,9-61H2,1-8H3,(H,78,79)(H,80,81)/t66-,67-,68-/m1/s1. The zero-order chi connectivity index (χ0) is 67.5. The molecule has 0 heterocycles. The van der Waals surface area contributed by atoms with Gasteiger partial charge in [0.25, 0.3) is 0 Å². The number of hydrogen-bond donors (Lipinski definition) is 3. The van der Waals surface area contributed by atoms with Gasteiger partial charge in [-0.25, -0.2) is 9.13 Å². The van der Waals surface area contributed by atoms with Crippen molar-refractivity contribution in [1.82, 2.24) is 0 Å². The molecule has 0 aromatic carbocycles. The van der Waals surface area contributed by atoms with Gasteiger partial charge in [0.05, 0.1) is 26.4 Å². The SMILES string of the molecule is CC(C)CCCCCCCCCCCCCCC(=O)O[C@H](COC(=O)CCCCCCCCC(C)C)COP(=O)(O)OC[C@H](O)COP(=O)(O)OC[C@@H](COC(=O)CCCCCCCCCCCCCC(C)C)OC(=O)CCCCCCCCCCCCC(C)C. The topological polar surface area (TPSA) is 237 Å². The van der Waals surface area contributed by atoms with Gasteiger partial charge in [0.1, 0.15) is 19.3 Å². The van der Waals surface area contributed by atoms with Gasteiger partial charge in [0, 0.05) is 25.7 Å². The Labute approximate surface area is 556 Å². The van der Waals surface area contributed by atoms with Crippen LogP contribution in [0.1, 0.15) is 357 Å². The molecule has 0 rings (SSSR count). The first-order valence-corrected chi connectivity index (χ1v) is 40.2. The summed E-state index contributed by atoms with van der Waals surface area (Å²) in [5.74, 6) is 0.852. The summed E-state index contributed by atoms with van der Waals surface area (Å²) in [7, 11) is -9.91. The lowest BCUT2D eigenvalue weighted by Crippen LogP contribution is -2.30. The molecule has 0 spiro atoms. The van der Waals surface area contributed by atoms with E-state index in [1.54, 1.807) is 0 Å². The number of carbonyl (C=O) groups is 4. The lowest BCUT2D eigenvalue weighted by molar-refractivity contribution is -0.161. The molecule has 91 heavy (non-hydrogen) atoms. The van der Waals surface area contributed by atoms with E-state index >= 15 is 0 Å². The molecule has 0 aliphatic carbocycles. The maximum absolute atomic E-state index is 13.0. The van der Waals surface area contributed by atoms with Crippen molar-refractivity contribution >= 4 is 39.5 Å². The molecule has 2 unspecified atom stereocenters. The smallest absolute Gasteiger partial charge is 0.462 e. The number of unbranched alkanes of at least 4 members (excludes halogenated alkanes) is 35. The van der Waals surface area contributed by atoms with Crippen LogP contribution in [0.4, 0.5) is 0 Å². The fourth-order valence-corrected chi connectivity index (χ4v) is 12.4. The highest BCUT2D eigenvalue weighted by Gasteiger charge is 2.30. The van der Waals surface area contributed by atoms with Gasteiger partial charge in [-0.2, -0.15) is 0 Å². The molecule has 0 bridgehead atoms. The van der Waals surface area contributed by atoms with Crippen LogP contribution in [0.3, 0.4) is 0 Å². The van der Waals surface area contributed by atoms with E-state index in [0.717, 1.165) is 114 Å². The first-order valence-electron chi connectivity index (χ1n) is 37.2. The van der Waals surface area contributed by atoms with Gasteiger partial charge in [-0.3, -0.25) is 37.3 Å². The summed E-state index contributed by atoms with van der Waals surface area (Å²) in [5, 5.41) is 10.6. The third-order valence-corrected chi connectivity index (χ3v) is 18.5. The Hall–Kier alpha value is -1.94. The minimum atomic E-state index is -4.95. The van der Waals surface area contributed by atoms with Crippen LogP contribution < -0.4 is 0 Å². The molecule has 3 N–H and O–H groups in total. The molecule has 0 aromatic heterocycles. The van der Waals surface area contributed by atoms with Crippen molar-refractivity contribution in [3.63, 3.8) is 0 Å². The Kier molecular flexibility index (Phi) is 60.3. The fourth-order valence-electron chi connectivity index (χ4n) is 10.8. The fraction of sp³-hybridized carbons (Fsp3) is 0.944. The van der Waals surface area contributed by atoms with E-state index in [9.17, 15) is 43.2 Å². The van der Waals surface area contributed by atoms with Crippen molar-refractivity contribution in [2.24, 2.45) is 23.7 Å².